The van der Waals surface area contributed by atoms with E-state index in [1.807, 2.05) is 47.4 Å². The SMILES string of the molecule is O=C(c1ccc(Nc2ccc(Cl)cc2Cl)c2ccccc12)N1CCOCC1. The molecule has 1 amide bonds. The first kappa shape index (κ1) is 18.1. The molecule has 0 atom stereocenters. The molecule has 4 rings (SSSR count). The number of fused-ring (bicyclic) bond motifs is 1. The largest absolute Gasteiger partial charge is 0.378 e. The lowest BCUT2D eigenvalue weighted by Crippen LogP contribution is -2.40. The average molecular weight is 401 g/mol. The lowest BCUT2D eigenvalue weighted by atomic mass is 10.0. The summed E-state index contributed by atoms with van der Waals surface area (Å²) in [6, 6.07) is 17.0. The fourth-order valence-electron chi connectivity index (χ4n) is 3.27. The summed E-state index contributed by atoms with van der Waals surface area (Å²) in [5.41, 5.74) is 2.34. The molecule has 0 aromatic heterocycles. The third-order valence-electron chi connectivity index (χ3n) is 4.65. The van der Waals surface area contributed by atoms with Crippen LogP contribution in [0.25, 0.3) is 10.8 Å². The fourth-order valence-corrected chi connectivity index (χ4v) is 3.72. The highest BCUT2D eigenvalue weighted by atomic mass is 35.5. The Kier molecular flexibility index (Phi) is 5.21. The number of nitrogens with one attached hydrogen (secondary N) is 1. The van der Waals surface area contributed by atoms with E-state index in [1.165, 1.54) is 0 Å². The van der Waals surface area contributed by atoms with Crippen molar-refractivity contribution in [3.63, 3.8) is 0 Å². The number of hydrogen-bond donors (Lipinski definition) is 1. The number of carbonyl (C=O) groups is 1. The van der Waals surface area contributed by atoms with Crippen LogP contribution in [0.15, 0.2) is 54.6 Å². The van der Waals surface area contributed by atoms with Crippen LogP contribution in [0.4, 0.5) is 11.4 Å². The Morgan fingerprint density at radius 1 is 0.926 bits per heavy atom. The third-order valence-corrected chi connectivity index (χ3v) is 5.20. The Bertz CT molecular complexity index is 1000. The van der Waals surface area contributed by atoms with E-state index in [-0.39, 0.29) is 5.91 Å². The molecular formula is C21H18Cl2N2O2. The van der Waals surface area contributed by atoms with Crippen molar-refractivity contribution in [2.45, 2.75) is 0 Å². The van der Waals surface area contributed by atoms with E-state index in [1.54, 1.807) is 12.1 Å². The first-order chi connectivity index (χ1) is 13.1. The van der Waals surface area contributed by atoms with Gasteiger partial charge in [0.25, 0.3) is 5.91 Å². The molecule has 3 aromatic carbocycles. The Morgan fingerprint density at radius 2 is 1.63 bits per heavy atom. The molecule has 27 heavy (non-hydrogen) atoms. The number of amides is 1. The maximum absolute atomic E-state index is 13.0. The van der Waals surface area contributed by atoms with E-state index in [0.29, 0.717) is 41.9 Å². The molecule has 1 aliphatic rings. The van der Waals surface area contributed by atoms with Crippen molar-refractivity contribution in [3.05, 3.63) is 70.2 Å². The predicted octanol–water partition coefficient (Wildman–Crippen LogP) is 5.36. The molecule has 0 spiro atoms. The molecule has 138 valence electrons. The average Bonchev–Trinajstić information content (AvgIpc) is 2.70. The van der Waals surface area contributed by atoms with E-state index < -0.39 is 0 Å². The smallest absolute Gasteiger partial charge is 0.254 e. The van der Waals surface area contributed by atoms with Gasteiger partial charge in [0.15, 0.2) is 0 Å². The van der Waals surface area contributed by atoms with Gasteiger partial charge in [0.2, 0.25) is 0 Å². The Hall–Kier alpha value is -2.27. The highest BCUT2D eigenvalue weighted by Gasteiger charge is 2.21. The molecule has 3 aromatic rings. The van der Waals surface area contributed by atoms with Gasteiger partial charge in [-0.05, 0) is 35.7 Å². The second kappa shape index (κ2) is 7.77. The number of rotatable bonds is 3. The topological polar surface area (TPSA) is 41.6 Å². The van der Waals surface area contributed by atoms with Crippen LogP contribution in [-0.4, -0.2) is 37.1 Å². The summed E-state index contributed by atoms with van der Waals surface area (Å²) in [6.45, 7) is 2.40. The normalized spacial score (nSPS) is 14.4. The number of hydrogen-bond acceptors (Lipinski definition) is 3. The molecule has 1 heterocycles. The molecule has 0 unspecified atom stereocenters. The lowest BCUT2D eigenvalue weighted by molar-refractivity contribution is 0.0304. The number of ether oxygens (including phenoxy) is 1. The van der Waals surface area contributed by atoms with Gasteiger partial charge < -0.3 is 15.0 Å². The zero-order valence-electron chi connectivity index (χ0n) is 14.5. The van der Waals surface area contributed by atoms with Crippen LogP contribution in [-0.2, 0) is 4.74 Å². The molecule has 4 nitrogen and oxygen atoms in total. The third kappa shape index (κ3) is 3.74. The molecule has 0 saturated carbocycles. The molecule has 1 aliphatic heterocycles. The van der Waals surface area contributed by atoms with Crippen LogP contribution >= 0.6 is 23.2 Å². The van der Waals surface area contributed by atoms with Gasteiger partial charge in [0.1, 0.15) is 0 Å². The Balaban J connectivity index is 1.73. The maximum Gasteiger partial charge on any atom is 0.254 e. The van der Waals surface area contributed by atoms with E-state index in [4.69, 9.17) is 27.9 Å². The van der Waals surface area contributed by atoms with Crippen molar-refractivity contribution in [2.24, 2.45) is 0 Å². The zero-order valence-corrected chi connectivity index (χ0v) is 16.1. The van der Waals surface area contributed by atoms with E-state index in [0.717, 1.165) is 22.1 Å². The van der Waals surface area contributed by atoms with Crippen LogP contribution in [0, 0.1) is 0 Å². The zero-order chi connectivity index (χ0) is 18.8. The molecule has 1 saturated heterocycles. The van der Waals surface area contributed by atoms with Gasteiger partial charge >= 0.3 is 0 Å². The minimum Gasteiger partial charge on any atom is -0.378 e. The number of anilines is 2. The Morgan fingerprint density at radius 3 is 2.37 bits per heavy atom. The van der Waals surface area contributed by atoms with Crippen molar-refractivity contribution in [2.75, 3.05) is 31.6 Å². The summed E-state index contributed by atoms with van der Waals surface area (Å²) in [5.74, 6) is 0.0329. The van der Waals surface area contributed by atoms with Crippen LogP contribution < -0.4 is 5.32 Å². The number of morpholine rings is 1. The standard InChI is InChI=1S/C21H18Cl2N2O2/c22-14-5-7-20(18(23)13-14)24-19-8-6-17(15-3-1-2-4-16(15)19)21(26)25-9-11-27-12-10-25/h1-8,13,24H,9-12H2. The van der Waals surface area contributed by atoms with Crippen molar-refractivity contribution in [3.8, 4) is 0 Å². The number of nitrogens with zero attached hydrogens (tertiary/aromatic N) is 1. The van der Waals surface area contributed by atoms with Crippen LogP contribution in [0.3, 0.4) is 0 Å². The number of benzene rings is 3. The van der Waals surface area contributed by atoms with Gasteiger partial charge in [-0.1, -0.05) is 47.5 Å². The maximum atomic E-state index is 13.0. The summed E-state index contributed by atoms with van der Waals surface area (Å²) in [4.78, 5) is 14.8. The van der Waals surface area contributed by atoms with Gasteiger partial charge in [0, 0.05) is 34.7 Å². The van der Waals surface area contributed by atoms with Gasteiger partial charge in [-0.15, -0.1) is 0 Å². The van der Waals surface area contributed by atoms with E-state index >= 15 is 0 Å². The molecule has 1 fully saturated rings. The first-order valence-corrected chi connectivity index (χ1v) is 9.50. The van der Waals surface area contributed by atoms with E-state index in [2.05, 4.69) is 5.32 Å². The van der Waals surface area contributed by atoms with Gasteiger partial charge in [-0.25, -0.2) is 0 Å². The molecular weight excluding hydrogens is 383 g/mol. The summed E-state index contributed by atoms with van der Waals surface area (Å²) < 4.78 is 5.35. The minimum atomic E-state index is 0.0329. The molecule has 0 radical (unpaired) electrons. The summed E-state index contributed by atoms with van der Waals surface area (Å²) in [7, 11) is 0. The monoisotopic (exact) mass is 400 g/mol. The highest BCUT2D eigenvalue weighted by Crippen LogP contribution is 2.33. The van der Waals surface area contributed by atoms with Crippen LogP contribution in [0.2, 0.25) is 10.0 Å². The van der Waals surface area contributed by atoms with Crippen LogP contribution in [0.5, 0.6) is 0 Å². The summed E-state index contributed by atoms with van der Waals surface area (Å²) in [6.07, 6.45) is 0. The molecule has 6 heteroatoms. The van der Waals surface area contributed by atoms with Crippen molar-refractivity contribution in [1.82, 2.24) is 4.90 Å². The van der Waals surface area contributed by atoms with Crippen molar-refractivity contribution in [1.29, 1.82) is 0 Å². The predicted molar refractivity (Wildman–Crippen MR) is 110 cm³/mol. The number of carbonyl (C=O) groups excluding carboxylic acids is 1. The summed E-state index contributed by atoms with van der Waals surface area (Å²) in [5, 5.41) is 6.35. The Labute approximate surface area is 167 Å². The fraction of sp³-hybridized carbons (Fsp3) is 0.190. The number of halogens is 2. The molecule has 0 aliphatic carbocycles. The van der Waals surface area contributed by atoms with E-state index in [9.17, 15) is 4.79 Å². The van der Waals surface area contributed by atoms with Gasteiger partial charge in [0.05, 0.1) is 23.9 Å². The second-order valence-electron chi connectivity index (χ2n) is 6.36. The van der Waals surface area contributed by atoms with Crippen molar-refractivity contribution >= 4 is 51.3 Å². The second-order valence-corrected chi connectivity index (χ2v) is 7.20. The van der Waals surface area contributed by atoms with Crippen molar-refractivity contribution < 1.29 is 9.53 Å². The highest BCUT2D eigenvalue weighted by molar-refractivity contribution is 6.36. The van der Waals surface area contributed by atoms with Gasteiger partial charge in [-0.2, -0.15) is 0 Å². The molecule has 1 N–H and O–H groups in total. The quantitative estimate of drug-likeness (QED) is 0.642. The summed E-state index contributed by atoms with van der Waals surface area (Å²) >= 11 is 12.3. The minimum absolute atomic E-state index is 0.0329. The lowest BCUT2D eigenvalue weighted by Gasteiger charge is -2.27. The van der Waals surface area contributed by atoms with Gasteiger partial charge in [-0.3, -0.25) is 4.79 Å². The molecule has 0 bridgehead atoms. The first-order valence-electron chi connectivity index (χ1n) is 8.74. The van der Waals surface area contributed by atoms with Crippen LogP contribution in [0.1, 0.15) is 10.4 Å².